The highest BCUT2D eigenvalue weighted by atomic mass is 16.2. The number of hydrogen-bond acceptors (Lipinski definition) is 2. The minimum Gasteiger partial charge on any atom is -0.350 e. The fraction of sp³-hybridized carbons (Fsp3) is 0.929. The van der Waals surface area contributed by atoms with Crippen molar-refractivity contribution < 1.29 is 4.79 Å². The third kappa shape index (κ3) is 4.30. The van der Waals surface area contributed by atoms with Crippen LogP contribution in [0.2, 0.25) is 0 Å². The third-order valence-electron chi connectivity index (χ3n) is 4.13. The Morgan fingerprint density at radius 1 is 1.41 bits per heavy atom. The highest BCUT2D eigenvalue weighted by Gasteiger charge is 2.34. The van der Waals surface area contributed by atoms with Crippen molar-refractivity contribution in [2.45, 2.75) is 71.9 Å². The lowest BCUT2D eigenvalue weighted by Gasteiger charge is -2.29. The molecule has 0 aliphatic heterocycles. The van der Waals surface area contributed by atoms with E-state index in [1.54, 1.807) is 0 Å². The van der Waals surface area contributed by atoms with Gasteiger partial charge in [0.15, 0.2) is 0 Å². The zero-order valence-corrected chi connectivity index (χ0v) is 12.0. The van der Waals surface area contributed by atoms with Gasteiger partial charge in [0.25, 0.3) is 0 Å². The maximum absolute atomic E-state index is 11.8. The average Bonchev–Trinajstić information content (AvgIpc) is 2.54. The van der Waals surface area contributed by atoms with Crippen LogP contribution in [-0.4, -0.2) is 24.0 Å². The van der Waals surface area contributed by atoms with Gasteiger partial charge in [-0.2, -0.15) is 0 Å². The predicted octanol–water partition coefficient (Wildman–Crippen LogP) is 2.46. The molecule has 0 aromatic heterocycles. The van der Waals surface area contributed by atoms with Gasteiger partial charge in [-0.15, -0.1) is 0 Å². The molecule has 0 radical (unpaired) electrons. The molecule has 0 saturated heterocycles. The summed E-state index contributed by atoms with van der Waals surface area (Å²) in [6.45, 7) is 11.2. The van der Waals surface area contributed by atoms with Crippen molar-refractivity contribution in [1.29, 1.82) is 0 Å². The number of hydrogen-bond donors (Lipinski definition) is 2. The summed E-state index contributed by atoms with van der Waals surface area (Å²) in [5.74, 6) is 0.111. The molecule has 0 heterocycles. The smallest absolute Gasteiger partial charge is 0.234 e. The first-order valence-corrected chi connectivity index (χ1v) is 6.81. The van der Waals surface area contributed by atoms with Crippen molar-refractivity contribution in [2.24, 2.45) is 5.41 Å². The Labute approximate surface area is 106 Å². The molecule has 1 unspecified atom stereocenters. The SMILES string of the molecule is CCC(C)(C)NC(=O)CNC1CCCC1(C)C. The van der Waals surface area contributed by atoms with Crippen LogP contribution in [0.4, 0.5) is 0 Å². The molecule has 1 aliphatic rings. The summed E-state index contributed by atoms with van der Waals surface area (Å²) in [5, 5.41) is 6.46. The molecular formula is C14H28N2O. The maximum Gasteiger partial charge on any atom is 0.234 e. The molecule has 3 nitrogen and oxygen atoms in total. The van der Waals surface area contributed by atoms with Gasteiger partial charge in [-0.05, 0) is 38.5 Å². The average molecular weight is 240 g/mol. The van der Waals surface area contributed by atoms with Crippen molar-refractivity contribution >= 4 is 5.91 Å². The molecule has 1 rings (SSSR count). The van der Waals surface area contributed by atoms with E-state index in [1.165, 1.54) is 19.3 Å². The van der Waals surface area contributed by atoms with Gasteiger partial charge in [0.1, 0.15) is 0 Å². The summed E-state index contributed by atoms with van der Waals surface area (Å²) in [5.41, 5.74) is 0.241. The van der Waals surface area contributed by atoms with E-state index in [4.69, 9.17) is 0 Å². The number of rotatable bonds is 5. The van der Waals surface area contributed by atoms with Crippen LogP contribution in [0.15, 0.2) is 0 Å². The second kappa shape index (κ2) is 5.38. The van der Waals surface area contributed by atoms with E-state index in [9.17, 15) is 4.79 Å². The van der Waals surface area contributed by atoms with Gasteiger partial charge in [-0.25, -0.2) is 0 Å². The largest absolute Gasteiger partial charge is 0.350 e. The van der Waals surface area contributed by atoms with Crippen molar-refractivity contribution in [3.63, 3.8) is 0 Å². The van der Waals surface area contributed by atoms with E-state index < -0.39 is 0 Å². The predicted molar refractivity (Wildman–Crippen MR) is 71.9 cm³/mol. The van der Waals surface area contributed by atoms with Crippen LogP contribution in [-0.2, 0) is 4.79 Å². The Bertz CT molecular complexity index is 271. The van der Waals surface area contributed by atoms with Crippen LogP contribution in [0.1, 0.15) is 60.3 Å². The van der Waals surface area contributed by atoms with Crippen LogP contribution in [0, 0.1) is 5.41 Å². The molecule has 0 spiro atoms. The van der Waals surface area contributed by atoms with E-state index in [-0.39, 0.29) is 11.4 Å². The minimum atomic E-state index is -0.0933. The molecule has 100 valence electrons. The second-order valence-electron chi connectivity index (χ2n) is 6.60. The van der Waals surface area contributed by atoms with Gasteiger partial charge in [0.2, 0.25) is 5.91 Å². The van der Waals surface area contributed by atoms with Crippen LogP contribution in [0.3, 0.4) is 0 Å². The van der Waals surface area contributed by atoms with Gasteiger partial charge in [-0.1, -0.05) is 27.2 Å². The Kier molecular flexibility index (Phi) is 4.59. The van der Waals surface area contributed by atoms with E-state index in [1.807, 2.05) is 0 Å². The molecule has 3 heteroatoms. The maximum atomic E-state index is 11.8. The van der Waals surface area contributed by atoms with Gasteiger partial charge in [0, 0.05) is 11.6 Å². The quantitative estimate of drug-likeness (QED) is 0.775. The normalized spacial score (nSPS) is 23.7. The molecule has 1 atom stereocenters. The van der Waals surface area contributed by atoms with Gasteiger partial charge in [0.05, 0.1) is 6.54 Å². The fourth-order valence-corrected chi connectivity index (χ4v) is 2.43. The molecule has 0 aromatic carbocycles. The number of carbonyl (C=O) groups excluding carboxylic acids is 1. The lowest BCUT2D eigenvalue weighted by Crippen LogP contribution is -2.49. The van der Waals surface area contributed by atoms with Crippen molar-refractivity contribution in [3.05, 3.63) is 0 Å². The zero-order chi connectivity index (χ0) is 13.1. The number of nitrogens with one attached hydrogen (secondary N) is 2. The van der Waals surface area contributed by atoms with Crippen molar-refractivity contribution in [3.8, 4) is 0 Å². The van der Waals surface area contributed by atoms with Crippen LogP contribution in [0.5, 0.6) is 0 Å². The molecule has 1 amide bonds. The number of carbonyl (C=O) groups is 1. The molecule has 1 fully saturated rings. The Morgan fingerprint density at radius 2 is 2.06 bits per heavy atom. The summed E-state index contributed by atoms with van der Waals surface area (Å²) in [7, 11) is 0. The van der Waals surface area contributed by atoms with Crippen LogP contribution < -0.4 is 10.6 Å². The molecule has 1 saturated carbocycles. The van der Waals surface area contributed by atoms with E-state index in [0.29, 0.717) is 18.0 Å². The van der Waals surface area contributed by atoms with E-state index >= 15 is 0 Å². The van der Waals surface area contributed by atoms with Crippen molar-refractivity contribution in [1.82, 2.24) is 10.6 Å². The first kappa shape index (κ1) is 14.5. The van der Waals surface area contributed by atoms with Crippen LogP contribution in [0.25, 0.3) is 0 Å². The number of amides is 1. The highest BCUT2D eigenvalue weighted by molar-refractivity contribution is 5.78. The first-order chi connectivity index (χ1) is 7.77. The molecule has 17 heavy (non-hydrogen) atoms. The zero-order valence-electron chi connectivity index (χ0n) is 12.0. The lowest BCUT2D eigenvalue weighted by atomic mass is 9.87. The molecule has 1 aliphatic carbocycles. The topological polar surface area (TPSA) is 41.1 Å². The van der Waals surface area contributed by atoms with Gasteiger partial charge >= 0.3 is 0 Å². The monoisotopic (exact) mass is 240 g/mol. The second-order valence-corrected chi connectivity index (χ2v) is 6.60. The highest BCUT2D eigenvalue weighted by Crippen LogP contribution is 2.36. The fourth-order valence-electron chi connectivity index (χ4n) is 2.43. The van der Waals surface area contributed by atoms with Gasteiger partial charge < -0.3 is 10.6 Å². The molecule has 0 bridgehead atoms. The first-order valence-electron chi connectivity index (χ1n) is 6.81. The van der Waals surface area contributed by atoms with E-state index in [0.717, 1.165) is 6.42 Å². The summed E-state index contributed by atoms with van der Waals surface area (Å²) >= 11 is 0. The molecule has 0 aromatic rings. The molecular weight excluding hydrogens is 212 g/mol. The Balaban J connectivity index is 2.34. The van der Waals surface area contributed by atoms with Gasteiger partial charge in [-0.3, -0.25) is 4.79 Å². The Hall–Kier alpha value is -0.570. The summed E-state index contributed by atoms with van der Waals surface area (Å²) in [4.78, 5) is 11.8. The van der Waals surface area contributed by atoms with E-state index in [2.05, 4.69) is 45.3 Å². The summed E-state index contributed by atoms with van der Waals surface area (Å²) in [6, 6.07) is 0.484. The lowest BCUT2D eigenvalue weighted by molar-refractivity contribution is -0.122. The Morgan fingerprint density at radius 3 is 2.53 bits per heavy atom. The standard InChI is InChI=1S/C14H28N2O/c1-6-14(4,5)16-12(17)10-15-11-8-7-9-13(11,2)3/h11,15H,6-10H2,1-5H3,(H,16,17). The summed E-state index contributed by atoms with van der Waals surface area (Å²) in [6.07, 6.45) is 4.67. The molecule has 2 N–H and O–H groups in total. The van der Waals surface area contributed by atoms with Crippen LogP contribution >= 0.6 is 0 Å². The van der Waals surface area contributed by atoms with Crippen molar-refractivity contribution in [2.75, 3.05) is 6.54 Å². The third-order valence-corrected chi connectivity index (χ3v) is 4.13. The minimum absolute atomic E-state index is 0.0933. The summed E-state index contributed by atoms with van der Waals surface area (Å²) < 4.78 is 0.